The van der Waals surface area contributed by atoms with Gasteiger partial charge in [0.2, 0.25) is 5.88 Å². The van der Waals surface area contributed by atoms with Crippen LogP contribution in [-0.2, 0) is 0 Å². The van der Waals surface area contributed by atoms with Crippen LogP contribution >= 0.6 is 12.4 Å². The molecule has 0 saturated heterocycles. The van der Waals surface area contributed by atoms with E-state index in [0.717, 1.165) is 0 Å². The molecule has 0 amide bonds. The standard InChI is InChI=1S/C10H11F5N2O.ClH/c1-6(16)7-2-3-8(17-4-7)18-5-9(11,12)10(13,14)15;/h2-4,6H,5,16H2,1H3;1H. The van der Waals surface area contributed by atoms with Gasteiger partial charge >= 0.3 is 12.1 Å². The number of hydrogen-bond donors (Lipinski definition) is 1. The van der Waals surface area contributed by atoms with Crippen LogP contribution < -0.4 is 10.5 Å². The largest absolute Gasteiger partial charge is 0.471 e. The first-order valence-corrected chi connectivity index (χ1v) is 4.92. The van der Waals surface area contributed by atoms with Crippen molar-refractivity contribution in [3.63, 3.8) is 0 Å². The summed E-state index contributed by atoms with van der Waals surface area (Å²) >= 11 is 0. The Kier molecular flexibility index (Phi) is 5.95. The van der Waals surface area contributed by atoms with Crippen molar-refractivity contribution in [1.29, 1.82) is 0 Å². The lowest BCUT2D eigenvalue weighted by Crippen LogP contribution is -2.41. The molecule has 0 saturated carbocycles. The molecule has 0 radical (unpaired) electrons. The fourth-order valence-electron chi connectivity index (χ4n) is 0.993. The molecule has 0 spiro atoms. The average Bonchev–Trinajstić information content (AvgIpc) is 2.25. The van der Waals surface area contributed by atoms with Gasteiger partial charge in [-0.05, 0) is 12.5 Å². The molecule has 2 N–H and O–H groups in total. The summed E-state index contributed by atoms with van der Waals surface area (Å²) in [5, 5.41) is 0. The summed E-state index contributed by atoms with van der Waals surface area (Å²) in [5.41, 5.74) is 6.13. The van der Waals surface area contributed by atoms with E-state index in [0.29, 0.717) is 5.56 Å². The summed E-state index contributed by atoms with van der Waals surface area (Å²) in [6.07, 6.45) is -4.38. The van der Waals surface area contributed by atoms with Gasteiger partial charge in [0.25, 0.3) is 0 Å². The number of pyridine rings is 1. The van der Waals surface area contributed by atoms with Crippen LogP contribution in [0.4, 0.5) is 22.0 Å². The molecule has 1 atom stereocenters. The third kappa shape index (κ3) is 4.79. The van der Waals surface area contributed by atoms with Crippen molar-refractivity contribution in [1.82, 2.24) is 4.98 Å². The van der Waals surface area contributed by atoms with E-state index < -0.39 is 18.7 Å². The van der Waals surface area contributed by atoms with Crippen molar-refractivity contribution in [2.75, 3.05) is 6.61 Å². The van der Waals surface area contributed by atoms with Crippen molar-refractivity contribution in [2.24, 2.45) is 5.73 Å². The van der Waals surface area contributed by atoms with Crippen LogP contribution in [0, 0.1) is 0 Å². The molecule has 1 rings (SSSR count). The monoisotopic (exact) mass is 306 g/mol. The summed E-state index contributed by atoms with van der Waals surface area (Å²) in [6.45, 7) is -0.129. The van der Waals surface area contributed by atoms with Crippen molar-refractivity contribution >= 4 is 12.4 Å². The Morgan fingerprint density at radius 3 is 2.21 bits per heavy atom. The second-order valence-electron chi connectivity index (χ2n) is 3.71. The number of halogens is 6. The fourth-order valence-corrected chi connectivity index (χ4v) is 0.993. The molecule has 0 aromatic carbocycles. The number of nitrogens with zero attached hydrogens (tertiary/aromatic N) is 1. The zero-order valence-electron chi connectivity index (χ0n) is 9.75. The zero-order chi connectivity index (χ0) is 14.0. The summed E-state index contributed by atoms with van der Waals surface area (Å²) in [6, 6.07) is 2.31. The van der Waals surface area contributed by atoms with Gasteiger partial charge in [0.15, 0.2) is 6.61 Å². The van der Waals surface area contributed by atoms with Crippen molar-refractivity contribution in [3.05, 3.63) is 23.9 Å². The Hall–Kier alpha value is -1.15. The Morgan fingerprint density at radius 1 is 1.26 bits per heavy atom. The van der Waals surface area contributed by atoms with E-state index in [1.807, 2.05) is 0 Å². The smallest absolute Gasteiger partial charge is 0.456 e. The molecule has 1 unspecified atom stereocenters. The van der Waals surface area contributed by atoms with Gasteiger partial charge in [-0.15, -0.1) is 12.4 Å². The van der Waals surface area contributed by atoms with E-state index >= 15 is 0 Å². The van der Waals surface area contributed by atoms with Crippen molar-refractivity contribution in [2.45, 2.75) is 25.1 Å². The first-order valence-electron chi connectivity index (χ1n) is 4.92. The van der Waals surface area contributed by atoms with Crippen LogP contribution in [0.25, 0.3) is 0 Å². The molecule has 0 aliphatic heterocycles. The van der Waals surface area contributed by atoms with Crippen LogP contribution in [0.5, 0.6) is 5.88 Å². The molecule has 1 heterocycles. The van der Waals surface area contributed by atoms with E-state index in [1.54, 1.807) is 6.92 Å². The van der Waals surface area contributed by atoms with Crippen LogP contribution in [0.15, 0.2) is 18.3 Å². The first-order chi connectivity index (χ1) is 8.13. The van der Waals surface area contributed by atoms with Gasteiger partial charge in [0.05, 0.1) is 0 Å². The molecule has 110 valence electrons. The minimum absolute atomic E-state index is 0. The maximum Gasteiger partial charge on any atom is 0.456 e. The number of alkyl halides is 5. The van der Waals surface area contributed by atoms with Gasteiger partial charge in [-0.3, -0.25) is 0 Å². The molecular weight excluding hydrogens is 295 g/mol. The lowest BCUT2D eigenvalue weighted by molar-refractivity contribution is -0.290. The Labute approximate surface area is 112 Å². The quantitative estimate of drug-likeness (QED) is 0.870. The van der Waals surface area contributed by atoms with Gasteiger partial charge < -0.3 is 10.5 Å². The topological polar surface area (TPSA) is 48.1 Å². The highest BCUT2D eigenvalue weighted by Crippen LogP contribution is 2.35. The second kappa shape index (κ2) is 6.33. The van der Waals surface area contributed by atoms with Gasteiger partial charge in [0, 0.05) is 18.3 Å². The molecule has 1 aromatic heterocycles. The van der Waals surface area contributed by atoms with Gasteiger partial charge in [-0.25, -0.2) is 4.98 Å². The summed E-state index contributed by atoms with van der Waals surface area (Å²) < 4.78 is 64.9. The number of rotatable bonds is 4. The molecule has 19 heavy (non-hydrogen) atoms. The molecule has 0 bridgehead atoms. The van der Waals surface area contributed by atoms with E-state index in [-0.39, 0.29) is 24.3 Å². The minimum atomic E-state index is -5.64. The van der Waals surface area contributed by atoms with E-state index in [4.69, 9.17) is 5.73 Å². The zero-order valence-corrected chi connectivity index (χ0v) is 10.6. The molecular formula is C10H12ClF5N2O. The summed E-state index contributed by atoms with van der Waals surface area (Å²) in [4.78, 5) is 3.58. The molecule has 9 heteroatoms. The second-order valence-corrected chi connectivity index (χ2v) is 3.71. The number of nitrogens with two attached hydrogens (primary N) is 1. The highest BCUT2D eigenvalue weighted by atomic mass is 35.5. The fraction of sp³-hybridized carbons (Fsp3) is 0.500. The maximum atomic E-state index is 12.5. The number of hydrogen-bond acceptors (Lipinski definition) is 3. The Morgan fingerprint density at radius 2 is 1.84 bits per heavy atom. The highest BCUT2D eigenvalue weighted by molar-refractivity contribution is 5.85. The lowest BCUT2D eigenvalue weighted by Gasteiger charge is -2.19. The number of aromatic nitrogens is 1. The van der Waals surface area contributed by atoms with E-state index in [9.17, 15) is 22.0 Å². The molecule has 0 aliphatic rings. The normalized spacial score (nSPS) is 13.6. The highest BCUT2D eigenvalue weighted by Gasteiger charge is 2.58. The minimum Gasteiger partial charge on any atom is -0.471 e. The third-order valence-electron chi connectivity index (χ3n) is 2.10. The summed E-state index contributed by atoms with van der Waals surface area (Å²) in [5.74, 6) is -5.22. The van der Waals surface area contributed by atoms with Crippen LogP contribution in [0.3, 0.4) is 0 Å². The van der Waals surface area contributed by atoms with E-state index in [2.05, 4.69) is 9.72 Å². The molecule has 1 aromatic rings. The average molecular weight is 307 g/mol. The van der Waals surface area contributed by atoms with Gasteiger partial charge in [0.1, 0.15) is 0 Å². The van der Waals surface area contributed by atoms with Crippen LogP contribution in [0.2, 0.25) is 0 Å². The predicted molar refractivity (Wildman–Crippen MR) is 60.6 cm³/mol. The summed E-state index contributed by atoms with van der Waals surface area (Å²) in [7, 11) is 0. The maximum absolute atomic E-state index is 12.5. The van der Waals surface area contributed by atoms with Crippen LogP contribution in [0.1, 0.15) is 18.5 Å². The first kappa shape index (κ1) is 17.8. The third-order valence-corrected chi connectivity index (χ3v) is 2.10. The SMILES string of the molecule is CC(N)c1ccc(OCC(F)(F)C(F)(F)F)nc1.Cl. The Balaban J connectivity index is 0.00000324. The van der Waals surface area contributed by atoms with Crippen molar-refractivity contribution < 1.29 is 26.7 Å². The Bertz CT molecular complexity index is 394. The number of ether oxygens (including phenoxy) is 1. The predicted octanol–water partition coefficient (Wildman–Crippen LogP) is 3.10. The lowest BCUT2D eigenvalue weighted by atomic mass is 10.2. The molecule has 0 aliphatic carbocycles. The van der Waals surface area contributed by atoms with Crippen LogP contribution in [-0.4, -0.2) is 23.7 Å². The van der Waals surface area contributed by atoms with Gasteiger partial charge in [-0.2, -0.15) is 22.0 Å². The van der Waals surface area contributed by atoms with E-state index in [1.165, 1.54) is 18.3 Å². The molecule has 0 fully saturated rings. The van der Waals surface area contributed by atoms with Crippen molar-refractivity contribution in [3.8, 4) is 5.88 Å². The van der Waals surface area contributed by atoms with Gasteiger partial charge in [-0.1, -0.05) is 6.07 Å². The molecule has 3 nitrogen and oxygen atoms in total.